The normalized spacial score (nSPS) is 12.8. The van der Waals surface area contributed by atoms with Gasteiger partial charge >= 0.3 is 0 Å². The lowest BCUT2D eigenvalue weighted by atomic mass is 10.1. The number of Topliss-reactive ketones (excluding diaryl/α,β-unsaturated/α-hetero) is 1. The van der Waals surface area contributed by atoms with Crippen molar-refractivity contribution < 1.29 is 14.5 Å². The van der Waals surface area contributed by atoms with E-state index in [0.29, 0.717) is 17.7 Å². The first-order valence-electron chi connectivity index (χ1n) is 8.20. The minimum absolute atomic E-state index is 0.0178. The lowest BCUT2D eigenvalue weighted by Gasteiger charge is -2.06. The molecule has 0 fully saturated rings. The number of hydrogen-bond donors (Lipinski definition) is 1. The second-order valence-electron chi connectivity index (χ2n) is 5.56. The highest BCUT2D eigenvalue weighted by atomic mass is 32.2. The molecule has 7 heteroatoms. The number of rotatable bonds is 11. The molecule has 1 aromatic carbocycles. The summed E-state index contributed by atoms with van der Waals surface area (Å²) < 4.78 is 8.56. The van der Waals surface area contributed by atoms with Gasteiger partial charge in [-0.05, 0) is 43.9 Å². The first-order chi connectivity index (χ1) is 12.4. The highest BCUT2D eigenvalue weighted by Crippen LogP contribution is 2.17. The predicted octanol–water partition coefficient (Wildman–Crippen LogP) is 4.53. The van der Waals surface area contributed by atoms with Gasteiger partial charge in [0.1, 0.15) is 11.5 Å². The Hall–Kier alpha value is -2.38. The molecule has 1 rings (SSSR count). The number of allylic oxidation sites excluding steroid dienone is 2. The summed E-state index contributed by atoms with van der Waals surface area (Å²) in [5, 5.41) is 11.2. The Morgan fingerprint density at radius 2 is 2.08 bits per heavy atom. The number of nitro groups is 1. The van der Waals surface area contributed by atoms with E-state index in [9.17, 15) is 14.9 Å². The molecule has 0 aliphatic heterocycles. The molecule has 0 spiro atoms. The summed E-state index contributed by atoms with van der Waals surface area (Å²) in [6.45, 7) is 7.53. The van der Waals surface area contributed by atoms with E-state index in [1.165, 1.54) is 24.1 Å². The lowest BCUT2D eigenvalue weighted by molar-refractivity contribution is -0.419. The average Bonchev–Trinajstić information content (AvgIpc) is 2.59. The molecular formula is C19H24N2O4S. The summed E-state index contributed by atoms with van der Waals surface area (Å²) >= 11 is 1.43. The fraction of sp³-hybridized carbons (Fsp3) is 0.316. The minimum Gasteiger partial charge on any atom is -0.458 e. The van der Waals surface area contributed by atoms with Crippen molar-refractivity contribution in [3.63, 3.8) is 0 Å². The zero-order chi connectivity index (χ0) is 19.5. The van der Waals surface area contributed by atoms with Gasteiger partial charge in [-0.1, -0.05) is 31.5 Å². The first kappa shape index (κ1) is 21.7. The van der Waals surface area contributed by atoms with Crippen molar-refractivity contribution in [3.8, 4) is 5.75 Å². The van der Waals surface area contributed by atoms with E-state index >= 15 is 0 Å². The average molecular weight is 376 g/mol. The Balaban J connectivity index is 2.79. The van der Waals surface area contributed by atoms with Gasteiger partial charge in [0.05, 0.1) is 11.0 Å². The SMILES string of the molecule is C=C(/C=C(\C=C/C(C)NSC)[N+](=O)[O-])Oc1ccc(C(=O)CCC)cc1. The van der Waals surface area contributed by atoms with Crippen LogP contribution >= 0.6 is 11.9 Å². The highest BCUT2D eigenvalue weighted by Gasteiger charge is 2.10. The molecule has 0 saturated heterocycles. The third-order valence-corrected chi connectivity index (χ3v) is 3.89. The predicted molar refractivity (Wildman–Crippen MR) is 106 cm³/mol. The van der Waals surface area contributed by atoms with Crippen molar-refractivity contribution >= 4 is 17.7 Å². The molecule has 140 valence electrons. The van der Waals surface area contributed by atoms with Gasteiger partial charge in [0.2, 0.25) is 0 Å². The number of nitrogens with zero attached hydrogens (tertiary/aromatic N) is 1. The van der Waals surface area contributed by atoms with Crippen LogP contribution < -0.4 is 9.46 Å². The Bertz CT molecular complexity index is 696. The van der Waals surface area contributed by atoms with Crippen LogP contribution in [0.3, 0.4) is 0 Å². The van der Waals surface area contributed by atoms with Gasteiger partial charge in [-0.3, -0.25) is 19.6 Å². The highest BCUT2D eigenvalue weighted by molar-refractivity contribution is 7.96. The quantitative estimate of drug-likeness (QED) is 0.153. The van der Waals surface area contributed by atoms with E-state index in [2.05, 4.69) is 11.3 Å². The lowest BCUT2D eigenvalue weighted by Crippen LogP contribution is -2.15. The molecule has 0 heterocycles. The Morgan fingerprint density at radius 3 is 2.62 bits per heavy atom. The third kappa shape index (κ3) is 7.67. The van der Waals surface area contributed by atoms with Crippen LogP contribution in [0.1, 0.15) is 37.0 Å². The van der Waals surface area contributed by atoms with Crippen LogP contribution in [0.25, 0.3) is 0 Å². The molecule has 0 aromatic heterocycles. The van der Waals surface area contributed by atoms with Crippen molar-refractivity contribution in [2.24, 2.45) is 0 Å². The van der Waals surface area contributed by atoms with Gasteiger partial charge in [-0.2, -0.15) is 0 Å². The van der Waals surface area contributed by atoms with E-state index in [1.54, 1.807) is 30.3 Å². The number of carbonyl (C=O) groups is 1. The van der Waals surface area contributed by atoms with Gasteiger partial charge in [0.15, 0.2) is 5.78 Å². The molecule has 1 unspecified atom stereocenters. The van der Waals surface area contributed by atoms with Crippen molar-refractivity contribution in [1.29, 1.82) is 0 Å². The largest absolute Gasteiger partial charge is 0.458 e. The molecular weight excluding hydrogens is 352 g/mol. The first-order valence-corrected chi connectivity index (χ1v) is 9.42. The van der Waals surface area contributed by atoms with Crippen molar-refractivity contribution in [2.75, 3.05) is 6.26 Å². The van der Waals surface area contributed by atoms with Crippen molar-refractivity contribution in [3.05, 3.63) is 76.2 Å². The third-order valence-electron chi connectivity index (χ3n) is 3.28. The van der Waals surface area contributed by atoms with E-state index < -0.39 is 4.92 Å². The Labute approximate surface area is 158 Å². The Kier molecular flexibility index (Phi) is 9.40. The molecule has 1 N–H and O–H groups in total. The van der Waals surface area contributed by atoms with Crippen molar-refractivity contribution in [2.45, 2.75) is 32.7 Å². The van der Waals surface area contributed by atoms with Crippen LogP contribution in [0.4, 0.5) is 0 Å². The van der Waals surface area contributed by atoms with Crippen LogP contribution in [-0.4, -0.2) is 23.0 Å². The molecule has 26 heavy (non-hydrogen) atoms. The van der Waals surface area contributed by atoms with Crippen molar-refractivity contribution in [1.82, 2.24) is 4.72 Å². The van der Waals surface area contributed by atoms with E-state index in [-0.39, 0.29) is 23.3 Å². The second-order valence-corrected chi connectivity index (χ2v) is 6.21. The maximum Gasteiger partial charge on any atom is 0.272 e. The van der Waals surface area contributed by atoms with Crippen LogP contribution in [0.5, 0.6) is 5.75 Å². The summed E-state index contributed by atoms with van der Waals surface area (Å²) in [5.74, 6) is 0.675. The standard InChI is InChI=1S/C19H24N2O4S/c1-5-6-19(22)16-8-11-18(12-9-16)25-15(3)13-17(21(23)24)10-7-14(2)20-26-4/h7-14,20H,3,5-6H2,1-2,4H3/b10-7-,17-13+. The molecule has 0 radical (unpaired) electrons. The maximum absolute atomic E-state index is 11.8. The van der Waals surface area contributed by atoms with Gasteiger partial charge in [0.25, 0.3) is 5.70 Å². The summed E-state index contributed by atoms with van der Waals surface area (Å²) in [5.41, 5.74) is 0.490. The molecule has 6 nitrogen and oxygen atoms in total. The van der Waals surface area contributed by atoms with Crippen LogP contribution in [0, 0.1) is 10.1 Å². The number of ketones is 1. The van der Waals surface area contributed by atoms with E-state index in [1.807, 2.05) is 20.1 Å². The van der Waals surface area contributed by atoms with Gasteiger partial charge in [-0.15, -0.1) is 0 Å². The zero-order valence-corrected chi connectivity index (χ0v) is 16.0. The summed E-state index contributed by atoms with van der Waals surface area (Å²) in [6, 6.07) is 6.63. The summed E-state index contributed by atoms with van der Waals surface area (Å²) in [4.78, 5) is 22.5. The number of carbonyl (C=O) groups excluding carboxylic acids is 1. The number of benzene rings is 1. The molecule has 0 amide bonds. The molecule has 0 aliphatic carbocycles. The Morgan fingerprint density at radius 1 is 1.42 bits per heavy atom. The fourth-order valence-electron chi connectivity index (χ4n) is 2.06. The zero-order valence-electron chi connectivity index (χ0n) is 15.2. The van der Waals surface area contributed by atoms with Crippen LogP contribution in [0.15, 0.2) is 60.5 Å². The maximum atomic E-state index is 11.8. The van der Waals surface area contributed by atoms with Gasteiger partial charge in [-0.25, -0.2) is 0 Å². The molecule has 0 saturated carbocycles. The van der Waals surface area contributed by atoms with Gasteiger partial charge in [0, 0.05) is 24.1 Å². The topological polar surface area (TPSA) is 81.5 Å². The second kappa shape index (κ2) is 11.3. The molecule has 1 aromatic rings. The summed E-state index contributed by atoms with van der Waals surface area (Å²) in [7, 11) is 0. The van der Waals surface area contributed by atoms with Gasteiger partial charge < -0.3 is 4.74 Å². The summed E-state index contributed by atoms with van der Waals surface area (Å²) in [6.07, 6.45) is 7.53. The number of nitrogens with one attached hydrogen (secondary N) is 1. The fourth-order valence-corrected chi connectivity index (χ4v) is 2.51. The molecule has 0 aliphatic rings. The van der Waals surface area contributed by atoms with Crippen LogP contribution in [-0.2, 0) is 0 Å². The minimum atomic E-state index is -0.497. The molecule has 1 atom stereocenters. The number of ether oxygens (including phenoxy) is 1. The smallest absolute Gasteiger partial charge is 0.272 e. The van der Waals surface area contributed by atoms with E-state index in [4.69, 9.17) is 4.74 Å². The van der Waals surface area contributed by atoms with Crippen LogP contribution in [0.2, 0.25) is 0 Å². The van der Waals surface area contributed by atoms with E-state index in [0.717, 1.165) is 6.42 Å². The molecule has 0 bridgehead atoms. The monoisotopic (exact) mass is 376 g/mol. The number of hydrogen-bond acceptors (Lipinski definition) is 6.